The van der Waals surface area contributed by atoms with Crippen LogP contribution in [0.3, 0.4) is 0 Å². The van der Waals surface area contributed by atoms with E-state index >= 15 is 0 Å². The molecule has 0 saturated carbocycles. The Hall–Kier alpha value is -1.22. The molecular formula is C8H5ClO3. The molecule has 0 aliphatic carbocycles. The van der Waals surface area contributed by atoms with Crippen molar-refractivity contribution in [1.82, 2.24) is 0 Å². The first-order valence-corrected chi connectivity index (χ1v) is 3.75. The van der Waals surface area contributed by atoms with Crippen LogP contribution in [0.1, 0.15) is 5.56 Å². The summed E-state index contributed by atoms with van der Waals surface area (Å²) in [5.41, 5.74) is 1.58. The number of fused-ring (bicyclic) bond motifs is 1. The fraction of sp³-hybridized carbons (Fsp3) is 0.125. The quantitative estimate of drug-likeness (QED) is 0.631. The Bertz CT molecular complexity index is 438. The van der Waals surface area contributed by atoms with Crippen LogP contribution in [0.5, 0.6) is 0 Å². The lowest BCUT2D eigenvalue weighted by Gasteiger charge is -1.91. The average Bonchev–Trinajstić information content (AvgIpc) is 2.41. The summed E-state index contributed by atoms with van der Waals surface area (Å²) in [5.74, 6) is -0.721. The summed E-state index contributed by atoms with van der Waals surface area (Å²) in [4.78, 5) is 10.7. The molecule has 1 aromatic carbocycles. The van der Waals surface area contributed by atoms with Crippen molar-refractivity contribution in [1.29, 1.82) is 0 Å². The molecule has 0 saturated heterocycles. The van der Waals surface area contributed by atoms with Gasteiger partial charge in [0.1, 0.15) is 0 Å². The number of hydrogen-bond donors (Lipinski definition) is 0. The normalized spacial score (nSPS) is 10.8. The first-order valence-electron chi connectivity index (χ1n) is 3.37. The van der Waals surface area contributed by atoms with Crippen LogP contribution >= 0.6 is 11.6 Å². The standard InChI is InChI=1S/C8H5ClO3/c1-4-2-3-5(9)7-6(4)11-8(10)12-7/h2-3H,1H3. The molecule has 0 unspecified atom stereocenters. The van der Waals surface area contributed by atoms with E-state index in [2.05, 4.69) is 0 Å². The Morgan fingerprint density at radius 2 is 1.92 bits per heavy atom. The van der Waals surface area contributed by atoms with Crippen LogP contribution in [0.2, 0.25) is 5.02 Å². The van der Waals surface area contributed by atoms with Crippen LogP contribution in [-0.2, 0) is 0 Å². The molecule has 4 heteroatoms. The number of aryl methyl sites for hydroxylation is 1. The maximum absolute atomic E-state index is 10.7. The van der Waals surface area contributed by atoms with Crippen LogP contribution in [0.15, 0.2) is 25.8 Å². The minimum absolute atomic E-state index is 0.321. The highest BCUT2D eigenvalue weighted by Gasteiger charge is 2.09. The first kappa shape index (κ1) is 7.43. The minimum Gasteiger partial charge on any atom is -0.390 e. The zero-order chi connectivity index (χ0) is 8.72. The number of hydrogen-bond acceptors (Lipinski definition) is 3. The van der Waals surface area contributed by atoms with Gasteiger partial charge in [0.05, 0.1) is 5.02 Å². The van der Waals surface area contributed by atoms with Gasteiger partial charge in [-0.2, -0.15) is 0 Å². The third kappa shape index (κ3) is 0.940. The van der Waals surface area contributed by atoms with E-state index in [1.54, 1.807) is 12.1 Å². The van der Waals surface area contributed by atoms with Crippen molar-refractivity contribution in [3.63, 3.8) is 0 Å². The van der Waals surface area contributed by atoms with E-state index in [1.807, 2.05) is 6.92 Å². The highest BCUT2D eigenvalue weighted by Crippen LogP contribution is 2.24. The SMILES string of the molecule is Cc1ccc(Cl)c2oc(=O)oc12. The lowest BCUT2D eigenvalue weighted by Crippen LogP contribution is -1.84. The average molecular weight is 185 g/mol. The molecule has 0 N–H and O–H groups in total. The van der Waals surface area contributed by atoms with Crippen molar-refractivity contribution in [3.8, 4) is 0 Å². The molecule has 0 radical (unpaired) electrons. The van der Waals surface area contributed by atoms with Crippen molar-refractivity contribution < 1.29 is 8.83 Å². The molecule has 1 heterocycles. The zero-order valence-corrected chi connectivity index (χ0v) is 7.01. The summed E-state index contributed by atoms with van der Waals surface area (Å²) in [6.45, 7) is 1.82. The maximum atomic E-state index is 10.7. The number of halogens is 1. The second kappa shape index (κ2) is 2.38. The molecule has 0 aliphatic heterocycles. The highest BCUT2D eigenvalue weighted by molar-refractivity contribution is 6.34. The van der Waals surface area contributed by atoms with Gasteiger partial charge in [-0.15, -0.1) is 0 Å². The van der Waals surface area contributed by atoms with Crippen molar-refractivity contribution in [2.45, 2.75) is 6.92 Å². The lowest BCUT2D eigenvalue weighted by molar-refractivity contribution is 0.409. The summed E-state index contributed by atoms with van der Waals surface area (Å²) in [6, 6.07) is 3.43. The van der Waals surface area contributed by atoms with Crippen molar-refractivity contribution >= 4 is 22.8 Å². The molecule has 2 rings (SSSR count). The van der Waals surface area contributed by atoms with Crippen LogP contribution in [-0.4, -0.2) is 0 Å². The number of benzene rings is 1. The topological polar surface area (TPSA) is 43.4 Å². The molecule has 0 aliphatic rings. The molecule has 1 aromatic heterocycles. The summed E-state index contributed by atoms with van der Waals surface area (Å²) in [6.07, 6.45) is 0. The predicted octanol–water partition coefficient (Wildman–Crippen LogP) is 2.35. The van der Waals surface area contributed by atoms with Gasteiger partial charge in [0.2, 0.25) is 0 Å². The summed E-state index contributed by atoms with van der Waals surface area (Å²) < 4.78 is 9.50. The Balaban J connectivity index is 3.03. The fourth-order valence-corrected chi connectivity index (χ4v) is 1.23. The Labute approximate surface area is 72.5 Å². The summed E-state index contributed by atoms with van der Waals surface area (Å²) >= 11 is 5.75. The van der Waals surface area contributed by atoms with Gasteiger partial charge in [0.15, 0.2) is 11.2 Å². The van der Waals surface area contributed by atoms with Gasteiger partial charge in [-0.05, 0) is 18.6 Å². The molecule has 0 spiro atoms. The molecule has 2 aromatic rings. The van der Waals surface area contributed by atoms with Gasteiger partial charge >= 0.3 is 5.82 Å². The van der Waals surface area contributed by atoms with Crippen molar-refractivity contribution in [2.24, 2.45) is 0 Å². The molecule has 62 valence electrons. The van der Waals surface area contributed by atoms with Crippen LogP contribution in [0, 0.1) is 6.92 Å². The minimum atomic E-state index is -0.721. The van der Waals surface area contributed by atoms with Gasteiger partial charge in [-0.3, -0.25) is 0 Å². The second-order valence-electron chi connectivity index (χ2n) is 2.48. The van der Waals surface area contributed by atoms with Gasteiger partial charge < -0.3 is 8.83 Å². The molecule has 3 nitrogen and oxygen atoms in total. The van der Waals surface area contributed by atoms with Crippen LogP contribution in [0.4, 0.5) is 0 Å². The zero-order valence-electron chi connectivity index (χ0n) is 6.26. The van der Waals surface area contributed by atoms with Gasteiger partial charge in [-0.1, -0.05) is 17.7 Å². The lowest BCUT2D eigenvalue weighted by atomic mass is 10.2. The molecule has 0 amide bonds. The fourth-order valence-electron chi connectivity index (χ4n) is 1.05. The monoisotopic (exact) mass is 184 g/mol. The summed E-state index contributed by atoms with van der Waals surface area (Å²) in [7, 11) is 0. The Morgan fingerprint density at radius 3 is 2.58 bits per heavy atom. The smallest absolute Gasteiger partial charge is 0.390 e. The molecular weight excluding hydrogens is 180 g/mol. The maximum Gasteiger partial charge on any atom is 0.519 e. The summed E-state index contributed by atoms with van der Waals surface area (Å²) in [5, 5.41) is 0.390. The Kier molecular flexibility index (Phi) is 1.48. The van der Waals surface area contributed by atoms with E-state index in [4.69, 9.17) is 20.4 Å². The molecule has 0 atom stereocenters. The van der Waals surface area contributed by atoms with E-state index in [1.165, 1.54) is 0 Å². The highest BCUT2D eigenvalue weighted by atomic mass is 35.5. The van der Waals surface area contributed by atoms with Crippen LogP contribution < -0.4 is 5.82 Å². The molecule has 12 heavy (non-hydrogen) atoms. The predicted molar refractivity (Wildman–Crippen MR) is 44.5 cm³/mol. The molecule has 0 bridgehead atoms. The van der Waals surface area contributed by atoms with Gasteiger partial charge in [0, 0.05) is 0 Å². The van der Waals surface area contributed by atoms with E-state index in [0.29, 0.717) is 16.2 Å². The van der Waals surface area contributed by atoms with Gasteiger partial charge in [-0.25, -0.2) is 4.79 Å². The van der Waals surface area contributed by atoms with Crippen LogP contribution in [0.25, 0.3) is 11.2 Å². The van der Waals surface area contributed by atoms with E-state index in [-0.39, 0.29) is 0 Å². The van der Waals surface area contributed by atoms with Crippen molar-refractivity contribution in [2.75, 3.05) is 0 Å². The van der Waals surface area contributed by atoms with E-state index in [9.17, 15) is 4.79 Å². The number of rotatable bonds is 0. The van der Waals surface area contributed by atoms with Crippen molar-refractivity contribution in [3.05, 3.63) is 33.3 Å². The van der Waals surface area contributed by atoms with Gasteiger partial charge in [0.25, 0.3) is 0 Å². The second-order valence-corrected chi connectivity index (χ2v) is 2.88. The largest absolute Gasteiger partial charge is 0.519 e. The first-order chi connectivity index (χ1) is 5.68. The van der Waals surface area contributed by atoms with E-state index < -0.39 is 5.82 Å². The van der Waals surface area contributed by atoms with E-state index in [0.717, 1.165) is 5.56 Å². The molecule has 0 fully saturated rings. The third-order valence-electron chi connectivity index (χ3n) is 1.63. The Morgan fingerprint density at radius 1 is 1.25 bits per heavy atom. The third-order valence-corrected chi connectivity index (χ3v) is 1.93.